The third kappa shape index (κ3) is 5.21. The first kappa shape index (κ1) is 19.2. The molecule has 1 heterocycles. The van der Waals surface area contributed by atoms with Crippen LogP contribution in [0, 0.1) is 11.3 Å². The summed E-state index contributed by atoms with van der Waals surface area (Å²) in [6.07, 6.45) is 3.65. The number of aryl methyl sites for hydroxylation is 2. The Morgan fingerprint density at radius 2 is 1.89 bits per heavy atom. The van der Waals surface area contributed by atoms with E-state index in [-0.39, 0.29) is 0 Å². The van der Waals surface area contributed by atoms with Gasteiger partial charge in [-0.1, -0.05) is 42.5 Å². The van der Waals surface area contributed by atoms with Crippen molar-refractivity contribution < 1.29 is 9.47 Å². The molecular formula is C22H22N4O2. The predicted molar refractivity (Wildman–Crippen MR) is 108 cm³/mol. The second-order valence-electron chi connectivity index (χ2n) is 6.07. The second kappa shape index (κ2) is 9.93. The molecule has 3 aromatic rings. The molecule has 0 aliphatic heterocycles. The van der Waals surface area contributed by atoms with Crippen molar-refractivity contribution >= 4 is 12.2 Å². The van der Waals surface area contributed by atoms with Crippen molar-refractivity contribution in [1.82, 2.24) is 9.78 Å². The summed E-state index contributed by atoms with van der Waals surface area (Å²) >= 11 is 0. The van der Waals surface area contributed by atoms with Crippen molar-refractivity contribution in [3.05, 3.63) is 77.5 Å². The van der Waals surface area contributed by atoms with Gasteiger partial charge in [-0.3, -0.25) is 0 Å². The predicted octanol–water partition coefficient (Wildman–Crippen LogP) is 4.27. The molecule has 0 N–H and O–H groups in total. The highest BCUT2D eigenvalue weighted by molar-refractivity contribution is 5.58. The number of nitriles is 1. The van der Waals surface area contributed by atoms with Gasteiger partial charge in [-0.05, 0) is 36.6 Å². The number of hydrogen-bond donors (Lipinski definition) is 0. The fraction of sp³-hybridized carbons (Fsp3) is 0.227. The van der Waals surface area contributed by atoms with Crippen molar-refractivity contribution in [2.45, 2.75) is 26.5 Å². The van der Waals surface area contributed by atoms with Crippen molar-refractivity contribution in [2.24, 2.45) is 4.99 Å². The highest BCUT2D eigenvalue weighted by atomic mass is 16.5. The normalized spacial score (nSPS) is 10.7. The van der Waals surface area contributed by atoms with Crippen LogP contribution in [0.2, 0.25) is 0 Å². The maximum atomic E-state index is 9.21. The molecule has 0 saturated heterocycles. The van der Waals surface area contributed by atoms with Gasteiger partial charge in [0.15, 0.2) is 12.2 Å². The molecule has 6 nitrogen and oxygen atoms in total. The van der Waals surface area contributed by atoms with Gasteiger partial charge in [0.2, 0.25) is 0 Å². The summed E-state index contributed by atoms with van der Waals surface area (Å²) in [6, 6.07) is 20.2. The van der Waals surface area contributed by atoms with Gasteiger partial charge in [0.25, 0.3) is 0 Å². The van der Waals surface area contributed by atoms with Crippen molar-refractivity contribution in [1.29, 1.82) is 5.26 Å². The van der Waals surface area contributed by atoms with Crippen LogP contribution in [0.15, 0.2) is 65.8 Å². The van der Waals surface area contributed by atoms with Crippen molar-refractivity contribution in [2.75, 3.05) is 6.61 Å². The van der Waals surface area contributed by atoms with Crippen LogP contribution in [0.5, 0.6) is 5.75 Å². The number of rotatable bonds is 9. The van der Waals surface area contributed by atoms with Gasteiger partial charge in [-0.2, -0.15) is 15.4 Å². The minimum Gasteiger partial charge on any atom is -0.489 e. The Hall–Kier alpha value is -3.59. The molecule has 28 heavy (non-hydrogen) atoms. The van der Waals surface area contributed by atoms with Crippen LogP contribution >= 0.6 is 0 Å². The zero-order chi connectivity index (χ0) is 19.6. The van der Waals surface area contributed by atoms with E-state index in [1.807, 2.05) is 61.5 Å². The number of ether oxygens (including phenoxy) is 2. The SMILES string of the molecule is CCO/C=N/c1c(C#N)cnn1CCc1ccc(OCc2ccccc2)cc1. The average Bonchev–Trinajstić information content (AvgIpc) is 3.14. The molecule has 142 valence electrons. The van der Waals surface area contributed by atoms with Crippen LogP contribution in [-0.2, 0) is 24.3 Å². The van der Waals surface area contributed by atoms with Gasteiger partial charge in [0, 0.05) is 6.54 Å². The summed E-state index contributed by atoms with van der Waals surface area (Å²) in [6.45, 7) is 3.57. The molecule has 0 bridgehead atoms. The van der Waals surface area contributed by atoms with E-state index in [0.717, 1.165) is 23.3 Å². The monoisotopic (exact) mass is 374 g/mol. The molecule has 0 fully saturated rings. The summed E-state index contributed by atoms with van der Waals surface area (Å²) in [4.78, 5) is 4.22. The molecule has 0 unspecified atom stereocenters. The molecule has 0 amide bonds. The Labute approximate surface area is 164 Å². The van der Waals surface area contributed by atoms with Crippen LogP contribution < -0.4 is 4.74 Å². The quantitative estimate of drug-likeness (QED) is 0.414. The lowest BCUT2D eigenvalue weighted by atomic mass is 10.1. The van der Waals surface area contributed by atoms with Gasteiger partial charge in [0.05, 0.1) is 12.8 Å². The van der Waals surface area contributed by atoms with Gasteiger partial charge in [-0.15, -0.1) is 0 Å². The number of hydrogen-bond acceptors (Lipinski definition) is 5. The lowest BCUT2D eigenvalue weighted by Crippen LogP contribution is -2.03. The summed E-state index contributed by atoms with van der Waals surface area (Å²) in [7, 11) is 0. The molecule has 6 heteroatoms. The molecule has 0 atom stereocenters. The number of aromatic nitrogens is 2. The Balaban J connectivity index is 1.58. The third-order valence-corrected chi connectivity index (χ3v) is 4.13. The lowest BCUT2D eigenvalue weighted by Gasteiger charge is -2.08. The van der Waals surface area contributed by atoms with Crippen molar-refractivity contribution in [3.63, 3.8) is 0 Å². The van der Waals surface area contributed by atoms with Gasteiger partial charge >= 0.3 is 0 Å². The van der Waals surface area contributed by atoms with E-state index >= 15 is 0 Å². The van der Waals surface area contributed by atoms with E-state index in [2.05, 4.69) is 16.2 Å². The largest absolute Gasteiger partial charge is 0.489 e. The minimum atomic E-state index is 0.431. The molecule has 3 rings (SSSR count). The molecule has 0 radical (unpaired) electrons. The van der Waals surface area contributed by atoms with Gasteiger partial charge in [-0.25, -0.2) is 4.68 Å². The van der Waals surface area contributed by atoms with Gasteiger partial charge < -0.3 is 9.47 Å². The Morgan fingerprint density at radius 1 is 1.11 bits per heavy atom. The molecule has 0 aliphatic rings. The topological polar surface area (TPSA) is 72.4 Å². The summed E-state index contributed by atoms with van der Waals surface area (Å²) in [5.74, 6) is 1.35. The van der Waals surface area contributed by atoms with E-state index in [4.69, 9.17) is 9.47 Å². The van der Waals surface area contributed by atoms with Crippen LogP contribution in [-0.4, -0.2) is 22.8 Å². The van der Waals surface area contributed by atoms with Crippen LogP contribution in [0.3, 0.4) is 0 Å². The van der Waals surface area contributed by atoms with E-state index in [9.17, 15) is 5.26 Å². The standard InChI is InChI=1S/C22H22N4O2/c1-2-27-17-24-22-20(14-23)15-25-26(22)13-12-18-8-10-21(11-9-18)28-16-19-6-4-3-5-7-19/h3-11,15,17H,2,12-13,16H2,1H3/b24-17+. The first-order valence-electron chi connectivity index (χ1n) is 9.16. The molecule has 0 saturated carbocycles. The number of nitrogens with zero attached hydrogens (tertiary/aromatic N) is 4. The van der Waals surface area contributed by atoms with Crippen LogP contribution in [0.1, 0.15) is 23.6 Å². The highest BCUT2D eigenvalue weighted by Gasteiger charge is 2.09. The van der Waals surface area contributed by atoms with E-state index in [1.54, 1.807) is 4.68 Å². The highest BCUT2D eigenvalue weighted by Crippen LogP contribution is 2.19. The minimum absolute atomic E-state index is 0.431. The molecular weight excluding hydrogens is 352 g/mol. The molecule has 0 spiro atoms. The first-order chi connectivity index (χ1) is 13.8. The van der Waals surface area contributed by atoms with Crippen molar-refractivity contribution in [3.8, 4) is 11.8 Å². The Bertz CT molecular complexity index is 941. The lowest BCUT2D eigenvalue weighted by molar-refractivity contribution is 0.306. The Kier molecular flexibility index (Phi) is 6.80. The maximum absolute atomic E-state index is 9.21. The van der Waals surface area contributed by atoms with Gasteiger partial charge in [0.1, 0.15) is 24.0 Å². The fourth-order valence-corrected chi connectivity index (χ4v) is 2.65. The summed E-state index contributed by atoms with van der Waals surface area (Å²) in [5, 5.41) is 13.5. The first-order valence-corrected chi connectivity index (χ1v) is 9.16. The Morgan fingerprint density at radius 3 is 2.61 bits per heavy atom. The smallest absolute Gasteiger partial charge is 0.176 e. The molecule has 2 aromatic carbocycles. The van der Waals surface area contributed by atoms with Crippen LogP contribution in [0.25, 0.3) is 0 Å². The van der Waals surface area contributed by atoms with E-state index < -0.39 is 0 Å². The van der Waals surface area contributed by atoms with E-state index in [1.165, 1.54) is 12.6 Å². The van der Waals surface area contributed by atoms with Crippen LogP contribution in [0.4, 0.5) is 5.82 Å². The average molecular weight is 374 g/mol. The maximum Gasteiger partial charge on any atom is 0.176 e. The zero-order valence-corrected chi connectivity index (χ0v) is 15.8. The number of aliphatic imine (C=N–C) groups is 1. The third-order valence-electron chi connectivity index (χ3n) is 4.13. The number of benzene rings is 2. The fourth-order valence-electron chi connectivity index (χ4n) is 2.65. The van der Waals surface area contributed by atoms with E-state index in [0.29, 0.717) is 31.1 Å². The summed E-state index contributed by atoms with van der Waals surface area (Å²) in [5.41, 5.74) is 2.72. The second-order valence-corrected chi connectivity index (χ2v) is 6.07. The molecule has 1 aromatic heterocycles. The zero-order valence-electron chi connectivity index (χ0n) is 15.8. The molecule has 0 aliphatic carbocycles. The summed E-state index contributed by atoms with van der Waals surface area (Å²) < 4.78 is 12.7.